The molecule has 0 aromatic heterocycles. The molecule has 0 saturated heterocycles. The summed E-state index contributed by atoms with van der Waals surface area (Å²) in [7, 11) is 0. The Bertz CT molecular complexity index is 1010. The molecule has 0 saturated carbocycles. The van der Waals surface area contributed by atoms with Crippen molar-refractivity contribution in [3.05, 3.63) is 101 Å². The SMILES string of the molecule is O=C(NC(Cc1ccccc1)C(=O)O)OCc1ccc(COc2cccc(F)c2)cc1. The lowest BCUT2D eigenvalue weighted by Gasteiger charge is -2.15. The predicted octanol–water partition coefficient (Wildman–Crippen LogP) is 4.33. The van der Waals surface area contributed by atoms with Gasteiger partial charge < -0.3 is 19.9 Å². The molecule has 7 heteroatoms. The van der Waals surface area contributed by atoms with Crippen molar-refractivity contribution in [1.29, 1.82) is 0 Å². The molecule has 0 radical (unpaired) electrons. The van der Waals surface area contributed by atoms with Crippen LogP contribution in [-0.4, -0.2) is 23.2 Å². The fourth-order valence-electron chi connectivity index (χ4n) is 2.84. The molecule has 0 spiro atoms. The summed E-state index contributed by atoms with van der Waals surface area (Å²) in [5.41, 5.74) is 2.40. The van der Waals surface area contributed by atoms with Crippen LogP contribution in [0.1, 0.15) is 16.7 Å². The number of carboxylic acids is 1. The average molecular weight is 423 g/mol. The lowest BCUT2D eigenvalue weighted by Crippen LogP contribution is -2.42. The Morgan fingerprint density at radius 1 is 0.871 bits per heavy atom. The zero-order valence-electron chi connectivity index (χ0n) is 16.7. The van der Waals surface area contributed by atoms with Crippen molar-refractivity contribution in [2.75, 3.05) is 0 Å². The van der Waals surface area contributed by atoms with Gasteiger partial charge in [0, 0.05) is 12.5 Å². The third-order valence-electron chi connectivity index (χ3n) is 4.47. The topological polar surface area (TPSA) is 84.9 Å². The van der Waals surface area contributed by atoms with Gasteiger partial charge in [-0.3, -0.25) is 0 Å². The highest BCUT2D eigenvalue weighted by Gasteiger charge is 2.21. The number of alkyl carbamates (subject to hydrolysis) is 1. The van der Waals surface area contributed by atoms with Gasteiger partial charge in [0.2, 0.25) is 0 Å². The Morgan fingerprint density at radius 2 is 1.55 bits per heavy atom. The molecule has 0 aliphatic carbocycles. The smallest absolute Gasteiger partial charge is 0.408 e. The number of carboxylic acid groups (broad SMARTS) is 1. The Hall–Kier alpha value is -3.87. The fourth-order valence-corrected chi connectivity index (χ4v) is 2.84. The van der Waals surface area contributed by atoms with E-state index in [2.05, 4.69) is 5.32 Å². The normalized spacial score (nSPS) is 11.4. The number of hydrogen-bond acceptors (Lipinski definition) is 4. The van der Waals surface area contributed by atoms with Gasteiger partial charge in [0.15, 0.2) is 0 Å². The van der Waals surface area contributed by atoms with Crippen molar-refractivity contribution in [2.45, 2.75) is 25.7 Å². The first-order chi connectivity index (χ1) is 15.0. The Labute approximate surface area is 179 Å². The van der Waals surface area contributed by atoms with Crippen LogP contribution in [0.4, 0.5) is 9.18 Å². The van der Waals surface area contributed by atoms with Gasteiger partial charge in [0.25, 0.3) is 0 Å². The summed E-state index contributed by atoms with van der Waals surface area (Å²) >= 11 is 0. The van der Waals surface area contributed by atoms with Gasteiger partial charge >= 0.3 is 12.1 Å². The second kappa shape index (κ2) is 10.8. The lowest BCUT2D eigenvalue weighted by molar-refractivity contribution is -0.139. The molecule has 0 fully saturated rings. The largest absolute Gasteiger partial charge is 0.489 e. The van der Waals surface area contributed by atoms with Crippen LogP contribution in [0.3, 0.4) is 0 Å². The molecule has 0 aliphatic heterocycles. The van der Waals surface area contributed by atoms with Crippen molar-refractivity contribution in [3.63, 3.8) is 0 Å². The molecule has 1 atom stereocenters. The van der Waals surface area contributed by atoms with E-state index in [9.17, 15) is 19.1 Å². The number of carbonyl (C=O) groups excluding carboxylic acids is 1. The minimum absolute atomic E-state index is 0.00541. The van der Waals surface area contributed by atoms with Gasteiger partial charge in [-0.05, 0) is 28.8 Å². The maximum Gasteiger partial charge on any atom is 0.408 e. The van der Waals surface area contributed by atoms with E-state index >= 15 is 0 Å². The zero-order valence-corrected chi connectivity index (χ0v) is 16.7. The summed E-state index contributed by atoms with van der Waals surface area (Å²) in [6.45, 7) is 0.263. The van der Waals surface area contributed by atoms with Crippen molar-refractivity contribution >= 4 is 12.1 Å². The summed E-state index contributed by atoms with van der Waals surface area (Å²) in [4.78, 5) is 23.5. The standard InChI is InChI=1S/C24H22FNO5/c25-20-7-4-8-21(14-20)30-15-18-9-11-19(12-10-18)16-31-24(29)26-22(23(27)28)13-17-5-2-1-3-6-17/h1-12,14,22H,13,15-16H2,(H,26,29)(H,27,28). The summed E-state index contributed by atoms with van der Waals surface area (Å²) in [6, 6.07) is 21.0. The quantitative estimate of drug-likeness (QED) is 0.535. The average Bonchev–Trinajstić information content (AvgIpc) is 2.77. The van der Waals surface area contributed by atoms with Gasteiger partial charge in [-0.15, -0.1) is 0 Å². The van der Waals surface area contributed by atoms with Crippen LogP contribution in [0, 0.1) is 5.82 Å². The van der Waals surface area contributed by atoms with E-state index in [1.54, 1.807) is 48.5 Å². The second-order valence-electron chi connectivity index (χ2n) is 6.86. The number of hydrogen-bond donors (Lipinski definition) is 2. The summed E-state index contributed by atoms with van der Waals surface area (Å²) < 4.78 is 23.8. The summed E-state index contributed by atoms with van der Waals surface area (Å²) in [5, 5.41) is 11.7. The number of ether oxygens (including phenoxy) is 2. The van der Waals surface area contributed by atoms with Crippen molar-refractivity contribution in [3.8, 4) is 5.75 Å². The molecule has 31 heavy (non-hydrogen) atoms. The molecular formula is C24H22FNO5. The first kappa shape index (κ1) is 21.8. The molecule has 2 N–H and O–H groups in total. The molecule has 3 rings (SSSR count). The second-order valence-corrected chi connectivity index (χ2v) is 6.86. The van der Waals surface area contributed by atoms with Crippen molar-refractivity contribution < 1.29 is 28.6 Å². The lowest BCUT2D eigenvalue weighted by atomic mass is 10.1. The number of aliphatic carboxylic acids is 1. The number of nitrogens with one attached hydrogen (secondary N) is 1. The number of halogens is 1. The third-order valence-corrected chi connectivity index (χ3v) is 4.47. The van der Waals surface area contributed by atoms with Crippen LogP contribution in [0.25, 0.3) is 0 Å². The zero-order chi connectivity index (χ0) is 22.1. The Balaban J connectivity index is 1.46. The van der Waals surface area contributed by atoms with Crippen LogP contribution in [0.5, 0.6) is 5.75 Å². The fraction of sp³-hybridized carbons (Fsp3) is 0.167. The number of benzene rings is 3. The van der Waals surface area contributed by atoms with Gasteiger partial charge in [0.05, 0.1) is 0 Å². The van der Waals surface area contributed by atoms with Crippen molar-refractivity contribution in [1.82, 2.24) is 5.32 Å². The van der Waals surface area contributed by atoms with Crippen LogP contribution in [0.15, 0.2) is 78.9 Å². The Kier molecular flexibility index (Phi) is 7.59. The predicted molar refractivity (Wildman–Crippen MR) is 112 cm³/mol. The minimum atomic E-state index is -1.14. The van der Waals surface area contributed by atoms with E-state index in [0.717, 1.165) is 16.7 Å². The van der Waals surface area contributed by atoms with E-state index in [1.807, 2.05) is 18.2 Å². The van der Waals surface area contributed by atoms with Gasteiger partial charge in [0.1, 0.15) is 30.8 Å². The molecule has 1 unspecified atom stereocenters. The van der Waals surface area contributed by atoms with Gasteiger partial charge in [-0.25, -0.2) is 14.0 Å². The third kappa shape index (κ3) is 7.15. The highest BCUT2D eigenvalue weighted by atomic mass is 19.1. The van der Waals surface area contributed by atoms with E-state index < -0.39 is 18.1 Å². The summed E-state index contributed by atoms with van der Waals surface area (Å²) in [6.07, 6.45) is -0.646. The Morgan fingerprint density at radius 3 is 2.19 bits per heavy atom. The molecular weight excluding hydrogens is 401 g/mol. The maximum absolute atomic E-state index is 13.2. The maximum atomic E-state index is 13.2. The molecule has 160 valence electrons. The number of amides is 1. The van der Waals surface area contributed by atoms with Crippen LogP contribution >= 0.6 is 0 Å². The van der Waals surface area contributed by atoms with Crippen LogP contribution in [0.2, 0.25) is 0 Å². The number of carbonyl (C=O) groups is 2. The van der Waals surface area contributed by atoms with Gasteiger partial charge in [-0.1, -0.05) is 60.7 Å². The first-order valence-electron chi connectivity index (χ1n) is 9.66. The minimum Gasteiger partial charge on any atom is -0.489 e. The molecule has 1 amide bonds. The van der Waals surface area contributed by atoms with Crippen molar-refractivity contribution in [2.24, 2.45) is 0 Å². The van der Waals surface area contributed by atoms with E-state index in [0.29, 0.717) is 5.75 Å². The van der Waals surface area contributed by atoms with E-state index in [-0.39, 0.29) is 25.5 Å². The van der Waals surface area contributed by atoms with Crippen LogP contribution in [-0.2, 0) is 29.2 Å². The highest BCUT2D eigenvalue weighted by Crippen LogP contribution is 2.15. The molecule has 0 bridgehead atoms. The first-order valence-corrected chi connectivity index (χ1v) is 9.66. The van der Waals surface area contributed by atoms with Gasteiger partial charge in [-0.2, -0.15) is 0 Å². The molecule has 3 aromatic rings. The summed E-state index contributed by atoms with van der Waals surface area (Å²) in [5.74, 6) is -1.06. The van der Waals surface area contributed by atoms with E-state index in [1.165, 1.54) is 12.1 Å². The van der Waals surface area contributed by atoms with Crippen LogP contribution < -0.4 is 10.1 Å². The molecule has 0 heterocycles. The molecule has 0 aliphatic rings. The highest BCUT2D eigenvalue weighted by molar-refractivity contribution is 5.80. The monoisotopic (exact) mass is 423 g/mol. The molecule has 6 nitrogen and oxygen atoms in total. The molecule has 3 aromatic carbocycles. The number of rotatable bonds is 9. The van der Waals surface area contributed by atoms with E-state index in [4.69, 9.17) is 9.47 Å².